The second-order valence-corrected chi connectivity index (χ2v) is 6.95. The number of benzene rings is 1. The Labute approximate surface area is 145 Å². The lowest BCUT2D eigenvalue weighted by molar-refractivity contribution is 0.249. The van der Waals surface area contributed by atoms with Gasteiger partial charge < -0.3 is 9.64 Å². The molecule has 0 aliphatic carbocycles. The lowest BCUT2D eigenvalue weighted by atomic mass is 10.2. The summed E-state index contributed by atoms with van der Waals surface area (Å²) in [7, 11) is 1.64. The average Bonchev–Trinajstić information content (AvgIpc) is 3.07. The molecule has 1 aliphatic rings. The predicted molar refractivity (Wildman–Crippen MR) is 97.9 cm³/mol. The Hall–Kier alpha value is -2.18. The van der Waals surface area contributed by atoms with E-state index >= 15 is 0 Å². The van der Waals surface area contributed by atoms with E-state index in [-0.39, 0.29) is 0 Å². The minimum Gasteiger partial charge on any atom is -0.481 e. The molecule has 0 unspecified atom stereocenters. The zero-order chi connectivity index (χ0) is 16.4. The van der Waals surface area contributed by atoms with E-state index in [9.17, 15) is 0 Å². The molecule has 0 saturated carbocycles. The fraction of sp³-hybridized carbons (Fsp3) is 0.333. The van der Waals surface area contributed by atoms with Gasteiger partial charge in [0, 0.05) is 45.0 Å². The van der Waals surface area contributed by atoms with Gasteiger partial charge in [-0.15, -0.1) is 0 Å². The summed E-state index contributed by atoms with van der Waals surface area (Å²) in [6.07, 6.45) is 1.90. The van der Waals surface area contributed by atoms with Gasteiger partial charge in [-0.05, 0) is 17.7 Å². The molecule has 1 aromatic carbocycles. The van der Waals surface area contributed by atoms with Crippen molar-refractivity contribution in [3.8, 4) is 5.88 Å². The van der Waals surface area contributed by atoms with Gasteiger partial charge >= 0.3 is 0 Å². The number of pyridine rings is 1. The van der Waals surface area contributed by atoms with Crippen LogP contribution in [0.2, 0.25) is 0 Å². The van der Waals surface area contributed by atoms with Crippen LogP contribution in [0.4, 0.5) is 5.13 Å². The third-order valence-electron chi connectivity index (χ3n) is 4.34. The maximum Gasteiger partial charge on any atom is 0.212 e. The molecule has 3 heterocycles. The number of methoxy groups -OCH3 is 1. The first-order valence-electron chi connectivity index (χ1n) is 8.13. The smallest absolute Gasteiger partial charge is 0.212 e. The molecule has 0 spiro atoms. The first kappa shape index (κ1) is 15.4. The number of fused-ring (bicyclic) bond motifs is 1. The van der Waals surface area contributed by atoms with Crippen LogP contribution >= 0.6 is 11.3 Å². The van der Waals surface area contributed by atoms with E-state index in [4.69, 9.17) is 9.72 Å². The van der Waals surface area contributed by atoms with Gasteiger partial charge in [0.1, 0.15) is 0 Å². The van der Waals surface area contributed by atoms with Crippen LogP contribution in [0.15, 0.2) is 42.6 Å². The molecular weight excluding hydrogens is 320 g/mol. The van der Waals surface area contributed by atoms with Crippen LogP contribution in [0.1, 0.15) is 5.56 Å². The van der Waals surface area contributed by atoms with Crippen LogP contribution in [0, 0.1) is 0 Å². The van der Waals surface area contributed by atoms with Gasteiger partial charge in [0.15, 0.2) is 5.13 Å². The van der Waals surface area contributed by atoms with Gasteiger partial charge in [-0.3, -0.25) is 4.90 Å². The number of para-hydroxylation sites is 1. The Morgan fingerprint density at radius 3 is 2.62 bits per heavy atom. The highest BCUT2D eigenvalue weighted by atomic mass is 32.1. The minimum absolute atomic E-state index is 0.666. The SMILES string of the molecule is COc1ccc(CN2CCN(c3nc4ccccc4s3)CC2)cn1. The van der Waals surface area contributed by atoms with Crippen LogP contribution < -0.4 is 9.64 Å². The summed E-state index contributed by atoms with van der Waals surface area (Å²) in [5.74, 6) is 0.666. The van der Waals surface area contributed by atoms with E-state index in [1.807, 2.05) is 18.3 Å². The van der Waals surface area contributed by atoms with E-state index < -0.39 is 0 Å². The monoisotopic (exact) mass is 340 g/mol. The summed E-state index contributed by atoms with van der Waals surface area (Å²) < 4.78 is 6.37. The summed E-state index contributed by atoms with van der Waals surface area (Å²) >= 11 is 1.79. The van der Waals surface area contributed by atoms with Gasteiger partial charge in [0.05, 0.1) is 17.3 Å². The fourth-order valence-electron chi connectivity index (χ4n) is 2.98. The number of piperazine rings is 1. The number of aromatic nitrogens is 2. The first-order chi connectivity index (χ1) is 11.8. The number of nitrogens with zero attached hydrogens (tertiary/aromatic N) is 4. The van der Waals surface area contributed by atoms with Crippen molar-refractivity contribution < 1.29 is 4.74 Å². The van der Waals surface area contributed by atoms with Crippen LogP contribution in [-0.2, 0) is 6.54 Å². The van der Waals surface area contributed by atoms with Crippen LogP contribution in [0.3, 0.4) is 0 Å². The number of thiazole rings is 1. The van der Waals surface area contributed by atoms with Gasteiger partial charge in [0.2, 0.25) is 5.88 Å². The Kier molecular flexibility index (Phi) is 4.32. The highest BCUT2D eigenvalue weighted by molar-refractivity contribution is 7.22. The number of rotatable bonds is 4. The third kappa shape index (κ3) is 3.20. The molecule has 2 aromatic heterocycles. The predicted octanol–water partition coefficient (Wildman–Crippen LogP) is 3.02. The second-order valence-electron chi connectivity index (χ2n) is 5.94. The van der Waals surface area contributed by atoms with Crippen molar-refractivity contribution in [1.29, 1.82) is 0 Å². The summed E-state index contributed by atoms with van der Waals surface area (Å²) in [6, 6.07) is 12.4. The summed E-state index contributed by atoms with van der Waals surface area (Å²) in [6.45, 7) is 5.06. The zero-order valence-corrected chi connectivity index (χ0v) is 14.5. The quantitative estimate of drug-likeness (QED) is 0.730. The normalized spacial score (nSPS) is 15.8. The Balaban J connectivity index is 1.37. The van der Waals surface area contributed by atoms with Crippen LogP contribution in [0.25, 0.3) is 10.2 Å². The minimum atomic E-state index is 0.666. The average molecular weight is 340 g/mol. The van der Waals surface area contributed by atoms with E-state index in [0.717, 1.165) is 43.4 Å². The van der Waals surface area contributed by atoms with Crippen LogP contribution in [-0.4, -0.2) is 48.2 Å². The lowest BCUT2D eigenvalue weighted by Gasteiger charge is -2.34. The van der Waals surface area contributed by atoms with Gasteiger partial charge in [0.25, 0.3) is 0 Å². The Morgan fingerprint density at radius 1 is 1.08 bits per heavy atom. The van der Waals surface area contributed by atoms with E-state index in [1.165, 1.54) is 10.3 Å². The van der Waals surface area contributed by atoms with E-state index in [0.29, 0.717) is 5.88 Å². The van der Waals surface area contributed by atoms with Crippen molar-refractivity contribution in [2.24, 2.45) is 0 Å². The fourth-order valence-corrected chi connectivity index (χ4v) is 3.99. The molecule has 0 radical (unpaired) electrons. The molecule has 24 heavy (non-hydrogen) atoms. The first-order valence-corrected chi connectivity index (χ1v) is 8.95. The molecule has 5 nitrogen and oxygen atoms in total. The molecule has 0 amide bonds. The number of hydrogen-bond donors (Lipinski definition) is 0. The molecule has 1 aliphatic heterocycles. The third-order valence-corrected chi connectivity index (χ3v) is 5.44. The highest BCUT2D eigenvalue weighted by Gasteiger charge is 2.19. The van der Waals surface area contributed by atoms with Crippen molar-refractivity contribution >= 4 is 26.7 Å². The second kappa shape index (κ2) is 6.75. The van der Waals surface area contributed by atoms with Gasteiger partial charge in [-0.25, -0.2) is 9.97 Å². The van der Waals surface area contributed by atoms with E-state index in [1.54, 1.807) is 18.4 Å². The zero-order valence-electron chi connectivity index (χ0n) is 13.7. The Morgan fingerprint density at radius 2 is 1.92 bits per heavy atom. The van der Waals surface area contributed by atoms with Crippen molar-refractivity contribution in [1.82, 2.24) is 14.9 Å². The number of hydrogen-bond acceptors (Lipinski definition) is 6. The number of ether oxygens (including phenoxy) is 1. The topological polar surface area (TPSA) is 41.5 Å². The molecule has 1 saturated heterocycles. The molecule has 0 atom stereocenters. The van der Waals surface area contributed by atoms with Gasteiger partial charge in [-0.2, -0.15) is 0 Å². The molecule has 1 fully saturated rings. The highest BCUT2D eigenvalue weighted by Crippen LogP contribution is 2.29. The summed E-state index contributed by atoms with van der Waals surface area (Å²) in [4.78, 5) is 13.9. The van der Waals surface area contributed by atoms with Crippen LogP contribution in [0.5, 0.6) is 5.88 Å². The molecule has 4 rings (SSSR count). The molecule has 0 bridgehead atoms. The Bertz CT molecular complexity index is 776. The molecule has 0 N–H and O–H groups in total. The van der Waals surface area contributed by atoms with Crippen molar-refractivity contribution in [3.05, 3.63) is 48.2 Å². The lowest BCUT2D eigenvalue weighted by Crippen LogP contribution is -2.45. The maximum atomic E-state index is 5.11. The molecular formula is C18H20N4OS. The van der Waals surface area contributed by atoms with Crippen molar-refractivity contribution in [3.63, 3.8) is 0 Å². The van der Waals surface area contributed by atoms with Gasteiger partial charge in [-0.1, -0.05) is 29.5 Å². The molecule has 124 valence electrons. The number of anilines is 1. The van der Waals surface area contributed by atoms with Crippen molar-refractivity contribution in [2.75, 3.05) is 38.2 Å². The largest absolute Gasteiger partial charge is 0.481 e. The summed E-state index contributed by atoms with van der Waals surface area (Å²) in [5.41, 5.74) is 2.33. The van der Waals surface area contributed by atoms with Crippen molar-refractivity contribution in [2.45, 2.75) is 6.54 Å². The standard InChI is InChI=1S/C18H20N4OS/c1-23-17-7-6-14(12-19-17)13-21-8-10-22(11-9-21)18-20-15-4-2-3-5-16(15)24-18/h2-7,12H,8-11,13H2,1H3. The summed E-state index contributed by atoms with van der Waals surface area (Å²) in [5, 5.41) is 1.14. The van der Waals surface area contributed by atoms with E-state index in [2.05, 4.69) is 39.0 Å². The molecule has 3 aromatic rings. The maximum absolute atomic E-state index is 5.11. The molecule has 6 heteroatoms.